The SMILES string of the molecule is Cc1n[nH]c(=S)n(/N=C/c2ccc(-n3nc(-c4ccccc4)cc3-c3ccccc3)cc2)c1=O. The molecule has 5 rings (SSSR count). The number of rotatable bonds is 5. The van der Waals surface area contributed by atoms with E-state index in [1.807, 2.05) is 65.3 Å². The standard InChI is InChI=1S/C26H20N6OS/c1-18-25(33)32(26(34)29-28-18)27-17-19-12-14-22(15-13-19)31-24(21-10-6-3-7-11-21)16-23(30-31)20-8-4-2-5-9-20/h2-17H,1H3,(H,29,34)/b27-17+. The third-order valence-electron chi connectivity index (χ3n) is 5.32. The van der Waals surface area contributed by atoms with Crippen LogP contribution in [0.3, 0.4) is 0 Å². The van der Waals surface area contributed by atoms with Crippen LogP contribution in [-0.2, 0) is 0 Å². The second kappa shape index (κ2) is 9.21. The van der Waals surface area contributed by atoms with Gasteiger partial charge in [0.1, 0.15) is 5.69 Å². The molecule has 0 atom stereocenters. The van der Waals surface area contributed by atoms with Crippen LogP contribution in [0.2, 0.25) is 0 Å². The topological polar surface area (TPSA) is 80.9 Å². The van der Waals surface area contributed by atoms with Crippen molar-refractivity contribution in [2.75, 3.05) is 0 Å². The van der Waals surface area contributed by atoms with Gasteiger partial charge in [0.2, 0.25) is 4.77 Å². The van der Waals surface area contributed by atoms with E-state index in [-0.39, 0.29) is 10.3 Å². The zero-order valence-corrected chi connectivity index (χ0v) is 19.1. The number of aromatic amines is 1. The Bertz CT molecular complexity index is 1580. The number of hydrogen-bond acceptors (Lipinski definition) is 5. The van der Waals surface area contributed by atoms with E-state index in [2.05, 4.69) is 45.6 Å². The normalized spacial score (nSPS) is 11.2. The quantitative estimate of drug-likeness (QED) is 0.293. The van der Waals surface area contributed by atoms with E-state index in [0.29, 0.717) is 5.69 Å². The van der Waals surface area contributed by atoms with Crippen LogP contribution in [0.1, 0.15) is 11.3 Å². The van der Waals surface area contributed by atoms with Crippen LogP contribution >= 0.6 is 12.2 Å². The lowest BCUT2D eigenvalue weighted by molar-refractivity contribution is 0.720. The van der Waals surface area contributed by atoms with Crippen LogP contribution in [-0.4, -0.2) is 30.9 Å². The van der Waals surface area contributed by atoms with Crippen LogP contribution < -0.4 is 5.56 Å². The number of benzene rings is 3. The first-order valence-corrected chi connectivity index (χ1v) is 11.0. The Morgan fingerprint density at radius 3 is 2.24 bits per heavy atom. The number of nitrogens with one attached hydrogen (secondary N) is 1. The second-order valence-corrected chi connectivity index (χ2v) is 8.01. The van der Waals surface area contributed by atoms with Crippen LogP contribution in [0.5, 0.6) is 0 Å². The van der Waals surface area contributed by atoms with Gasteiger partial charge < -0.3 is 0 Å². The molecular weight excluding hydrogens is 444 g/mol. The van der Waals surface area contributed by atoms with E-state index in [1.54, 1.807) is 13.1 Å². The summed E-state index contributed by atoms with van der Waals surface area (Å²) in [6.07, 6.45) is 1.59. The lowest BCUT2D eigenvalue weighted by Gasteiger charge is -2.08. The fraction of sp³-hybridized carbons (Fsp3) is 0.0385. The molecule has 0 aliphatic carbocycles. The first-order valence-electron chi connectivity index (χ1n) is 10.6. The molecule has 0 spiro atoms. The molecule has 0 saturated carbocycles. The molecule has 166 valence electrons. The average Bonchev–Trinajstić information content (AvgIpc) is 3.33. The number of aromatic nitrogens is 5. The van der Waals surface area contributed by atoms with Crippen molar-refractivity contribution in [3.63, 3.8) is 0 Å². The molecule has 5 aromatic rings. The zero-order chi connectivity index (χ0) is 23.5. The molecule has 1 N–H and O–H groups in total. The van der Waals surface area contributed by atoms with Gasteiger partial charge in [0.15, 0.2) is 0 Å². The highest BCUT2D eigenvalue weighted by atomic mass is 32.1. The number of nitrogens with zero attached hydrogens (tertiary/aromatic N) is 5. The minimum absolute atomic E-state index is 0.140. The van der Waals surface area contributed by atoms with Gasteiger partial charge in [-0.2, -0.15) is 20.0 Å². The van der Waals surface area contributed by atoms with Crippen molar-refractivity contribution in [2.45, 2.75) is 6.92 Å². The van der Waals surface area contributed by atoms with Gasteiger partial charge in [-0.25, -0.2) is 4.68 Å². The molecule has 34 heavy (non-hydrogen) atoms. The Hall–Kier alpha value is -4.43. The van der Waals surface area contributed by atoms with Crippen molar-refractivity contribution in [1.29, 1.82) is 0 Å². The molecule has 8 heteroatoms. The van der Waals surface area contributed by atoms with Gasteiger partial charge in [-0.1, -0.05) is 72.8 Å². The van der Waals surface area contributed by atoms with E-state index in [9.17, 15) is 4.79 Å². The Kier molecular flexibility index (Phi) is 5.80. The minimum atomic E-state index is -0.353. The summed E-state index contributed by atoms with van der Waals surface area (Å²) in [7, 11) is 0. The van der Waals surface area contributed by atoms with Crippen molar-refractivity contribution in [3.8, 4) is 28.2 Å². The Labute approximate surface area is 200 Å². The van der Waals surface area contributed by atoms with Gasteiger partial charge >= 0.3 is 0 Å². The monoisotopic (exact) mass is 464 g/mol. The Morgan fingerprint density at radius 1 is 0.912 bits per heavy atom. The third-order valence-corrected chi connectivity index (χ3v) is 5.59. The molecule has 3 aromatic carbocycles. The van der Waals surface area contributed by atoms with E-state index >= 15 is 0 Å². The van der Waals surface area contributed by atoms with E-state index in [4.69, 9.17) is 17.3 Å². The zero-order valence-electron chi connectivity index (χ0n) is 18.3. The summed E-state index contributed by atoms with van der Waals surface area (Å²) in [5.74, 6) is 0. The lowest BCUT2D eigenvalue weighted by Crippen LogP contribution is -2.22. The van der Waals surface area contributed by atoms with Crippen molar-refractivity contribution in [2.24, 2.45) is 5.10 Å². The second-order valence-electron chi connectivity index (χ2n) is 7.63. The largest absolute Gasteiger partial charge is 0.296 e. The molecular formula is C26H20N6OS. The summed E-state index contributed by atoms with van der Waals surface area (Å²) in [5.41, 5.74) is 5.68. The van der Waals surface area contributed by atoms with Gasteiger partial charge in [-0.3, -0.25) is 9.89 Å². The minimum Gasteiger partial charge on any atom is -0.265 e. The Balaban J connectivity index is 1.52. The molecule has 0 bridgehead atoms. The van der Waals surface area contributed by atoms with Crippen LogP contribution in [0.15, 0.2) is 101 Å². The van der Waals surface area contributed by atoms with Crippen LogP contribution in [0, 0.1) is 11.7 Å². The molecule has 0 radical (unpaired) electrons. The van der Waals surface area contributed by atoms with Gasteiger partial charge in [0, 0.05) is 11.1 Å². The lowest BCUT2D eigenvalue weighted by atomic mass is 10.1. The highest BCUT2D eigenvalue weighted by Crippen LogP contribution is 2.28. The maximum atomic E-state index is 12.2. The van der Waals surface area contributed by atoms with E-state index in [0.717, 1.165) is 38.4 Å². The molecule has 0 fully saturated rings. The van der Waals surface area contributed by atoms with Gasteiger partial charge in [-0.05, 0) is 42.9 Å². The predicted molar refractivity (Wildman–Crippen MR) is 136 cm³/mol. The van der Waals surface area contributed by atoms with Crippen molar-refractivity contribution < 1.29 is 0 Å². The average molecular weight is 465 g/mol. The molecule has 0 aliphatic heterocycles. The van der Waals surface area contributed by atoms with Gasteiger partial charge in [0.05, 0.1) is 23.3 Å². The first-order chi connectivity index (χ1) is 16.6. The number of H-pyrrole nitrogens is 1. The molecule has 0 unspecified atom stereocenters. The van der Waals surface area contributed by atoms with Crippen LogP contribution in [0.25, 0.3) is 28.2 Å². The smallest absolute Gasteiger partial charge is 0.265 e. The Morgan fingerprint density at radius 2 is 1.56 bits per heavy atom. The molecule has 0 amide bonds. The third kappa shape index (κ3) is 4.26. The highest BCUT2D eigenvalue weighted by molar-refractivity contribution is 7.71. The van der Waals surface area contributed by atoms with E-state index in [1.165, 1.54) is 0 Å². The van der Waals surface area contributed by atoms with Gasteiger partial charge in [0.25, 0.3) is 5.56 Å². The van der Waals surface area contributed by atoms with E-state index < -0.39 is 0 Å². The summed E-state index contributed by atoms with van der Waals surface area (Å²) in [6.45, 7) is 1.60. The van der Waals surface area contributed by atoms with Crippen LogP contribution in [0.4, 0.5) is 0 Å². The summed E-state index contributed by atoms with van der Waals surface area (Å²) >= 11 is 5.12. The molecule has 2 heterocycles. The maximum Gasteiger partial charge on any atom is 0.296 e. The van der Waals surface area contributed by atoms with Crippen molar-refractivity contribution in [3.05, 3.63) is 117 Å². The first kappa shape index (κ1) is 21.4. The molecule has 7 nitrogen and oxygen atoms in total. The fourth-order valence-corrected chi connectivity index (χ4v) is 3.72. The molecule has 2 aromatic heterocycles. The maximum absolute atomic E-state index is 12.2. The number of aryl methyl sites for hydroxylation is 1. The van der Waals surface area contributed by atoms with Gasteiger partial charge in [-0.15, -0.1) is 0 Å². The van der Waals surface area contributed by atoms with Crippen molar-refractivity contribution in [1.82, 2.24) is 24.7 Å². The molecule has 0 aliphatic rings. The predicted octanol–water partition coefficient (Wildman–Crippen LogP) is 5.01. The summed E-state index contributed by atoms with van der Waals surface area (Å²) in [5, 5.41) is 15.6. The summed E-state index contributed by atoms with van der Waals surface area (Å²) < 4.78 is 3.20. The van der Waals surface area contributed by atoms with Crippen molar-refractivity contribution >= 4 is 18.4 Å². The fourth-order valence-electron chi connectivity index (χ4n) is 3.55. The summed E-state index contributed by atoms with van der Waals surface area (Å²) in [6, 6.07) is 30.2. The number of hydrogen-bond donors (Lipinski definition) is 1. The highest BCUT2D eigenvalue weighted by Gasteiger charge is 2.13. The molecule has 0 saturated heterocycles. The summed E-state index contributed by atoms with van der Waals surface area (Å²) in [4.78, 5) is 12.2.